The van der Waals surface area contributed by atoms with E-state index in [0.29, 0.717) is 0 Å². The van der Waals surface area contributed by atoms with Crippen LogP contribution in [0, 0.1) is 0 Å². The van der Waals surface area contributed by atoms with Crippen molar-refractivity contribution in [1.82, 2.24) is 0 Å². The summed E-state index contributed by atoms with van der Waals surface area (Å²) in [5.74, 6) is -4.46. The molecular formula is C6H5FO4. The van der Waals surface area contributed by atoms with Crippen LogP contribution < -0.4 is 0 Å². The minimum atomic E-state index is -1.65. The molecule has 0 saturated carbocycles. The lowest BCUT2D eigenvalue weighted by molar-refractivity contribution is -0.135. The number of halogens is 1. The lowest BCUT2D eigenvalue weighted by Crippen LogP contribution is -2.03. The molecule has 4 nitrogen and oxygen atoms in total. The average Bonchev–Trinajstić information content (AvgIpc) is 1.81. The molecule has 0 aliphatic rings. The van der Waals surface area contributed by atoms with E-state index in [2.05, 4.69) is 6.58 Å². The molecule has 0 aromatic rings. The van der Waals surface area contributed by atoms with Gasteiger partial charge in [0.05, 0.1) is 0 Å². The molecule has 2 N–H and O–H groups in total. The fourth-order valence-corrected chi connectivity index (χ4v) is 0.380. The summed E-state index contributed by atoms with van der Waals surface area (Å²) in [7, 11) is 0. The maximum atomic E-state index is 12.1. The molecule has 0 amide bonds. The number of rotatable bonds is 3. The van der Waals surface area contributed by atoms with Crippen molar-refractivity contribution in [3.05, 3.63) is 24.1 Å². The molecule has 0 bridgehead atoms. The molecule has 0 aliphatic heterocycles. The van der Waals surface area contributed by atoms with E-state index in [9.17, 15) is 14.0 Å². The monoisotopic (exact) mass is 160 g/mol. The summed E-state index contributed by atoms with van der Waals surface area (Å²) in [6.07, 6.45) is 0.241. The van der Waals surface area contributed by atoms with Crippen LogP contribution in [0.4, 0.5) is 4.39 Å². The highest BCUT2D eigenvalue weighted by molar-refractivity contribution is 5.97. The molecule has 60 valence electrons. The Morgan fingerprint density at radius 2 is 1.82 bits per heavy atom. The van der Waals surface area contributed by atoms with Gasteiger partial charge in [-0.1, -0.05) is 6.58 Å². The smallest absolute Gasteiger partial charge is 0.338 e. The number of carboxylic acids is 2. The van der Waals surface area contributed by atoms with Gasteiger partial charge in [-0.05, 0) is 0 Å². The van der Waals surface area contributed by atoms with Gasteiger partial charge in [-0.3, -0.25) is 0 Å². The molecule has 0 fully saturated rings. The van der Waals surface area contributed by atoms with E-state index >= 15 is 0 Å². The van der Waals surface area contributed by atoms with E-state index < -0.39 is 23.3 Å². The van der Waals surface area contributed by atoms with Gasteiger partial charge in [-0.2, -0.15) is 0 Å². The Morgan fingerprint density at radius 3 is 1.91 bits per heavy atom. The number of carboxylic acid groups (broad SMARTS) is 2. The van der Waals surface area contributed by atoms with Gasteiger partial charge >= 0.3 is 11.9 Å². The SMILES string of the molecule is C=C(F)/C(=C/C(=O)O)C(=O)O. The first-order valence-electron chi connectivity index (χ1n) is 2.48. The molecule has 0 aliphatic carbocycles. The van der Waals surface area contributed by atoms with Crippen LogP contribution in [-0.4, -0.2) is 22.2 Å². The minimum Gasteiger partial charge on any atom is -0.478 e. The zero-order valence-electron chi connectivity index (χ0n) is 5.37. The summed E-state index contributed by atoms with van der Waals surface area (Å²) in [6.45, 7) is 2.65. The van der Waals surface area contributed by atoms with Crippen molar-refractivity contribution < 1.29 is 24.2 Å². The van der Waals surface area contributed by atoms with E-state index in [4.69, 9.17) is 10.2 Å². The van der Waals surface area contributed by atoms with Gasteiger partial charge in [0.1, 0.15) is 11.4 Å². The highest BCUT2D eigenvalue weighted by Crippen LogP contribution is 2.08. The molecule has 0 radical (unpaired) electrons. The summed E-state index contributed by atoms with van der Waals surface area (Å²) in [4.78, 5) is 19.9. The molecule has 0 aromatic carbocycles. The molecule has 11 heavy (non-hydrogen) atoms. The zero-order chi connectivity index (χ0) is 9.02. The van der Waals surface area contributed by atoms with Gasteiger partial charge in [0, 0.05) is 6.08 Å². The van der Waals surface area contributed by atoms with Crippen LogP contribution in [0.5, 0.6) is 0 Å². The van der Waals surface area contributed by atoms with Crippen LogP contribution in [0.2, 0.25) is 0 Å². The summed E-state index contributed by atoms with van der Waals surface area (Å²) < 4.78 is 12.1. The molecule has 0 heterocycles. The molecule has 0 atom stereocenters. The predicted octanol–water partition coefficient (Wildman–Crippen LogP) is 0.565. The third-order valence-electron chi connectivity index (χ3n) is 0.790. The quantitative estimate of drug-likeness (QED) is 0.467. The molecule has 0 rings (SSSR count). The van der Waals surface area contributed by atoms with Crippen molar-refractivity contribution in [1.29, 1.82) is 0 Å². The van der Waals surface area contributed by atoms with Gasteiger partial charge in [-0.15, -0.1) is 0 Å². The molecule has 0 saturated heterocycles. The Hall–Kier alpha value is -1.65. The molecule has 0 spiro atoms. The third-order valence-corrected chi connectivity index (χ3v) is 0.790. The van der Waals surface area contributed by atoms with E-state index in [-0.39, 0.29) is 6.08 Å². The molecule has 0 unspecified atom stereocenters. The first-order chi connectivity index (χ1) is 4.95. The highest BCUT2D eigenvalue weighted by Gasteiger charge is 2.12. The largest absolute Gasteiger partial charge is 0.478 e. The summed E-state index contributed by atoms with van der Waals surface area (Å²) in [5.41, 5.74) is -0.947. The van der Waals surface area contributed by atoms with Crippen molar-refractivity contribution in [3.63, 3.8) is 0 Å². The van der Waals surface area contributed by atoms with Crippen LogP contribution in [0.15, 0.2) is 24.1 Å². The Bertz CT molecular complexity index is 225. The van der Waals surface area contributed by atoms with E-state index in [1.807, 2.05) is 0 Å². The molecule has 0 aromatic heterocycles. The predicted molar refractivity (Wildman–Crippen MR) is 33.6 cm³/mol. The standard InChI is InChI=1S/C6H5FO4/c1-3(7)4(6(10)11)2-5(8)9/h2H,1H2,(H,8,9)(H,10,11)/b4-2-. The second-order valence-electron chi connectivity index (χ2n) is 1.61. The Morgan fingerprint density at radius 1 is 1.36 bits per heavy atom. The zero-order valence-corrected chi connectivity index (χ0v) is 5.37. The fraction of sp³-hybridized carbons (Fsp3) is 0. The molecular weight excluding hydrogens is 155 g/mol. The Labute approximate surface area is 61.3 Å². The first kappa shape index (κ1) is 9.35. The topological polar surface area (TPSA) is 74.6 Å². The Kier molecular flexibility index (Phi) is 2.98. The van der Waals surface area contributed by atoms with Crippen LogP contribution in [0.3, 0.4) is 0 Å². The molecule has 5 heteroatoms. The highest BCUT2D eigenvalue weighted by atomic mass is 19.1. The van der Waals surface area contributed by atoms with Crippen LogP contribution in [0.25, 0.3) is 0 Å². The fourth-order valence-electron chi connectivity index (χ4n) is 0.380. The number of carbonyl (C=O) groups is 2. The van der Waals surface area contributed by atoms with Gasteiger partial charge in [0.2, 0.25) is 0 Å². The third kappa shape index (κ3) is 3.14. The normalized spacial score (nSPS) is 10.8. The van der Waals surface area contributed by atoms with Gasteiger partial charge < -0.3 is 10.2 Å². The Balaban J connectivity index is 4.75. The van der Waals surface area contributed by atoms with E-state index in [1.54, 1.807) is 0 Å². The lowest BCUT2D eigenvalue weighted by Gasteiger charge is -1.93. The summed E-state index contributed by atoms with van der Waals surface area (Å²) >= 11 is 0. The minimum absolute atomic E-state index is 0.241. The van der Waals surface area contributed by atoms with E-state index in [1.165, 1.54) is 0 Å². The van der Waals surface area contributed by atoms with Crippen molar-refractivity contribution >= 4 is 11.9 Å². The maximum Gasteiger partial charge on any atom is 0.338 e. The number of hydrogen-bond acceptors (Lipinski definition) is 2. The second kappa shape index (κ2) is 3.50. The van der Waals surface area contributed by atoms with Crippen LogP contribution >= 0.6 is 0 Å². The number of aliphatic carboxylic acids is 2. The first-order valence-corrected chi connectivity index (χ1v) is 2.48. The summed E-state index contributed by atoms with van der Waals surface area (Å²) in [5, 5.41) is 16.2. The van der Waals surface area contributed by atoms with Crippen molar-refractivity contribution in [2.45, 2.75) is 0 Å². The lowest BCUT2D eigenvalue weighted by atomic mass is 10.2. The van der Waals surface area contributed by atoms with Gasteiger partial charge in [-0.25, -0.2) is 14.0 Å². The summed E-state index contributed by atoms with van der Waals surface area (Å²) in [6, 6.07) is 0. The van der Waals surface area contributed by atoms with Crippen molar-refractivity contribution in [2.24, 2.45) is 0 Å². The van der Waals surface area contributed by atoms with Crippen molar-refractivity contribution in [2.75, 3.05) is 0 Å². The second-order valence-corrected chi connectivity index (χ2v) is 1.61. The van der Waals surface area contributed by atoms with Crippen LogP contribution in [0.1, 0.15) is 0 Å². The van der Waals surface area contributed by atoms with Crippen LogP contribution in [-0.2, 0) is 9.59 Å². The van der Waals surface area contributed by atoms with Gasteiger partial charge in [0.25, 0.3) is 0 Å². The van der Waals surface area contributed by atoms with E-state index in [0.717, 1.165) is 0 Å². The average molecular weight is 160 g/mol. The van der Waals surface area contributed by atoms with Crippen molar-refractivity contribution in [3.8, 4) is 0 Å². The van der Waals surface area contributed by atoms with Gasteiger partial charge in [0.15, 0.2) is 0 Å². The number of hydrogen-bond donors (Lipinski definition) is 2. The maximum absolute atomic E-state index is 12.1.